The third kappa shape index (κ3) is 3.37. The highest BCUT2D eigenvalue weighted by Gasteiger charge is 2.66. The van der Waals surface area contributed by atoms with Gasteiger partial charge in [0.05, 0.1) is 30.2 Å². The summed E-state index contributed by atoms with van der Waals surface area (Å²) in [6.07, 6.45) is -0.311. The van der Waals surface area contributed by atoms with Crippen LogP contribution < -0.4 is 10.4 Å². The Morgan fingerprint density at radius 2 is 1.82 bits per heavy atom. The number of aliphatic hydroxyl groups excluding tert-OH is 1. The molecule has 172 valence electrons. The molecule has 33 heavy (non-hydrogen) atoms. The van der Waals surface area contributed by atoms with Crippen molar-refractivity contribution in [2.24, 2.45) is 23.7 Å². The first-order valence-corrected chi connectivity index (χ1v) is 10.9. The summed E-state index contributed by atoms with van der Waals surface area (Å²) in [4.78, 5) is 27.9. The van der Waals surface area contributed by atoms with E-state index in [9.17, 15) is 35.0 Å². The van der Waals surface area contributed by atoms with Gasteiger partial charge in [-0.3, -0.25) is 14.5 Å². The Hall–Kier alpha value is -2.76. The first kappa shape index (κ1) is 22.1. The molecule has 9 nitrogen and oxygen atoms in total. The zero-order valence-electron chi connectivity index (χ0n) is 17.6. The second kappa shape index (κ2) is 7.93. The molecule has 5 N–H and O–H groups in total. The summed E-state index contributed by atoms with van der Waals surface area (Å²) in [6.45, 7) is -0.420. The molecule has 2 heterocycles. The Balaban J connectivity index is 1.52. The SMILES string of the molecule is O=C1[C@H]2[C@H](C[C@H](CO)[C@@]3(O)O[C@H](c4cccc(O)c4)C[C@@H]23)C(=O)N1c1cccc(B(O)O)c1. The molecule has 3 fully saturated rings. The molecule has 0 aromatic heterocycles. The zero-order valence-corrected chi connectivity index (χ0v) is 17.6. The number of phenolic OH excluding ortho intramolecular Hbond substituents is 1. The van der Waals surface area contributed by atoms with Crippen LogP contribution in [0.5, 0.6) is 5.75 Å². The molecular weight excluding hydrogens is 429 g/mol. The van der Waals surface area contributed by atoms with Crippen molar-refractivity contribution in [3.8, 4) is 5.75 Å². The Morgan fingerprint density at radius 3 is 2.52 bits per heavy atom. The molecule has 2 saturated heterocycles. The van der Waals surface area contributed by atoms with E-state index in [4.69, 9.17) is 4.74 Å². The number of hydrogen-bond acceptors (Lipinski definition) is 8. The van der Waals surface area contributed by atoms with Crippen molar-refractivity contribution in [2.45, 2.75) is 24.7 Å². The minimum absolute atomic E-state index is 0.0406. The topological polar surface area (TPSA) is 148 Å². The van der Waals surface area contributed by atoms with Crippen molar-refractivity contribution in [2.75, 3.05) is 11.5 Å². The molecule has 5 rings (SSSR count). The quantitative estimate of drug-likeness (QED) is 0.312. The number of amides is 2. The number of benzene rings is 2. The van der Waals surface area contributed by atoms with Crippen LogP contribution in [0.1, 0.15) is 24.5 Å². The van der Waals surface area contributed by atoms with E-state index in [2.05, 4.69) is 0 Å². The van der Waals surface area contributed by atoms with Gasteiger partial charge in [0.25, 0.3) is 0 Å². The van der Waals surface area contributed by atoms with Gasteiger partial charge in [-0.1, -0.05) is 24.3 Å². The summed E-state index contributed by atoms with van der Waals surface area (Å²) in [5.74, 6) is -5.81. The minimum Gasteiger partial charge on any atom is -0.508 e. The van der Waals surface area contributed by atoms with Gasteiger partial charge in [-0.15, -0.1) is 0 Å². The van der Waals surface area contributed by atoms with Gasteiger partial charge in [0, 0.05) is 11.8 Å². The molecule has 10 heteroatoms. The van der Waals surface area contributed by atoms with Crippen LogP contribution in [0.2, 0.25) is 0 Å². The van der Waals surface area contributed by atoms with Crippen molar-refractivity contribution in [3.63, 3.8) is 0 Å². The van der Waals surface area contributed by atoms with Gasteiger partial charge in [-0.05, 0) is 48.1 Å². The van der Waals surface area contributed by atoms with Crippen molar-refractivity contribution in [1.29, 1.82) is 0 Å². The van der Waals surface area contributed by atoms with Crippen LogP contribution in [0.3, 0.4) is 0 Å². The van der Waals surface area contributed by atoms with E-state index in [0.717, 1.165) is 4.90 Å². The second-order valence-corrected chi connectivity index (χ2v) is 9.02. The smallest absolute Gasteiger partial charge is 0.488 e. The van der Waals surface area contributed by atoms with Gasteiger partial charge in [0.1, 0.15) is 5.75 Å². The standard InChI is InChI=1S/C23H24BNO8/c26-11-13-8-17-20(18-10-19(33-23(13,18)30)12-3-1-6-16(27)7-12)22(29)25(21(17)28)15-5-2-4-14(9-15)24(31)32/h1-7,9,13,17-20,26-27,30-32H,8,10-11H2/t13-,17+,18+,19+,20+,23-/m1/s1. The lowest BCUT2D eigenvalue weighted by atomic mass is 9.64. The summed E-state index contributed by atoms with van der Waals surface area (Å²) in [5, 5.41) is 50.3. The first-order valence-electron chi connectivity index (χ1n) is 10.9. The number of hydrogen-bond donors (Lipinski definition) is 5. The lowest BCUT2D eigenvalue weighted by molar-refractivity contribution is -0.274. The molecule has 1 aliphatic carbocycles. The Labute approximate surface area is 190 Å². The van der Waals surface area contributed by atoms with E-state index < -0.39 is 61.1 Å². The number of carbonyl (C=O) groups excluding carboxylic acids is 2. The molecule has 0 bridgehead atoms. The Kier molecular flexibility index (Phi) is 5.30. The highest BCUT2D eigenvalue weighted by Crippen LogP contribution is 2.58. The van der Waals surface area contributed by atoms with Crippen LogP contribution in [0.15, 0.2) is 48.5 Å². The van der Waals surface area contributed by atoms with E-state index in [0.29, 0.717) is 5.56 Å². The van der Waals surface area contributed by atoms with Crippen LogP contribution in [0.4, 0.5) is 5.69 Å². The fourth-order valence-electron chi connectivity index (χ4n) is 5.70. The summed E-state index contributed by atoms with van der Waals surface area (Å²) >= 11 is 0. The number of aliphatic hydroxyl groups is 2. The molecule has 2 aromatic carbocycles. The van der Waals surface area contributed by atoms with Gasteiger partial charge in [0.15, 0.2) is 5.79 Å². The van der Waals surface area contributed by atoms with E-state index in [1.54, 1.807) is 12.1 Å². The number of rotatable bonds is 4. The number of nitrogens with zero attached hydrogens (tertiary/aromatic N) is 1. The molecule has 0 radical (unpaired) electrons. The van der Waals surface area contributed by atoms with E-state index in [-0.39, 0.29) is 29.7 Å². The molecule has 2 aliphatic heterocycles. The van der Waals surface area contributed by atoms with Crippen LogP contribution in [0, 0.1) is 23.7 Å². The second-order valence-electron chi connectivity index (χ2n) is 9.02. The minimum atomic E-state index is -1.80. The van der Waals surface area contributed by atoms with Crippen molar-refractivity contribution < 1.29 is 39.7 Å². The normalized spacial score (nSPS) is 33.2. The fraction of sp³-hybridized carbons (Fsp3) is 0.391. The number of ether oxygens (including phenoxy) is 1. The van der Waals surface area contributed by atoms with E-state index >= 15 is 0 Å². The largest absolute Gasteiger partial charge is 0.508 e. The molecule has 0 spiro atoms. The third-order valence-electron chi connectivity index (χ3n) is 7.25. The molecule has 1 saturated carbocycles. The molecule has 2 amide bonds. The average Bonchev–Trinajstić information content (AvgIpc) is 3.27. The number of aromatic hydroxyl groups is 1. The molecule has 3 aliphatic rings. The molecular formula is C23H24BNO8. The van der Waals surface area contributed by atoms with E-state index in [1.165, 1.54) is 36.4 Å². The highest BCUT2D eigenvalue weighted by atomic mass is 16.6. The van der Waals surface area contributed by atoms with Gasteiger partial charge in [-0.2, -0.15) is 0 Å². The van der Waals surface area contributed by atoms with Gasteiger partial charge in [0.2, 0.25) is 11.8 Å². The number of anilines is 1. The maximum absolute atomic E-state index is 13.5. The monoisotopic (exact) mass is 453 g/mol. The number of carbonyl (C=O) groups is 2. The van der Waals surface area contributed by atoms with Crippen molar-refractivity contribution >= 4 is 30.1 Å². The van der Waals surface area contributed by atoms with Gasteiger partial charge >= 0.3 is 7.12 Å². The van der Waals surface area contributed by atoms with Crippen LogP contribution >= 0.6 is 0 Å². The summed E-state index contributed by atoms with van der Waals surface area (Å²) in [7, 11) is -1.75. The number of fused-ring (bicyclic) bond motifs is 3. The molecule has 6 atom stereocenters. The number of imide groups is 1. The van der Waals surface area contributed by atoms with Crippen LogP contribution in [-0.4, -0.2) is 56.7 Å². The summed E-state index contributed by atoms with van der Waals surface area (Å²) in [5.41, 5.74) is 0.989. The third-order valence-corrected chi connectivity index (χ3v) is 7.25. The molecule has 2 aromatic rings. The fourth-order valence-corrected chi connectivity index (χ4v) is 5.70. The van der Waals surface area contributed by atoms with Gasteiger partial charge in [-0.25, -0.2) is 0 Å². The highest BCUT2D eigenvalue weighted by molar-refractivity contribution is 6.58. The predicted octanol–water partition coefficient (Wildman–Crippen LogP) is -0.344. The first-order chi connectivity index (χ1) is 15.7. The maximum atomic E-state index is 13.5. The summed E-state index contributed by atoms with van der Waals surface area (Å²) < 4.78 is 6.02. The van der Waals surface area contributed by atoms with Crippen LogP contribution in [0.25, 0.3) is 0 Å². The number of phenols is 1. The predicted molar refractivity (Wildman–Crippen MR) is 116 cm³/mol. The lowest BCUT2D eigenvalue weighted by Gasteiger charge is -2.44. The molecule has 0 unspecified atom stereocenters. The zero-order chi connectivity index (χ0) is 23.5. The lowest BCUT2D eigenvalue weighted by Crippen LogP contribution is -2.54. The van der Waals surface area contributed by atoms with Crippen molar-refractivity contribution in [1.82, 2.24) is 0 Å². The Bertz CT molecular complexity index is 1110. The van der Waals surface area contributed by atoms with Crippen molar-refractivity contribution in [3.05, 3.63) is 54.1 Å². The Morgan fingerprint density at radius 1 is 1.06 bits per heavy atom. The van der Waals surface area contributed by atoms with Crippen LogP contribution in [-0.2, 0) is 14.3 Å². The maximum Gasteiger partial charge on any atom is 0.488 e. The van der Waals surface area contributed by atoms with Gasteiger partial charge < -0.3 is 30.1 Å². The van der Waals surface area contributed by atoms with E-state index in [1.807, 2.05) is 0 Å². The average molecular weight is 453 g/mol. The summed E-state index contributed by atoms with van der Waals surface area (Å²) in [6, 6.07) is 12.3.